The molecule has 1 N–H and O–H groups in total. The Labute approximate surface area is 117 Å². The van der Waals surface area contributed by atoms with Gasteiger partial charge >= 0.3 is 5.97 Å². The number of nitrogens with zero attached hydrogens (tertiary/aromatic N) is 2. The first kappa shape index (κ1) is 13.6. The van der Waals surface area contributed by atoms with Crippen LogP contribution in [0.1, 0.15) is 5.69 Å². The maximum atomic E-state index is 11.5. The predicted molar refractivity (Wildman–Crippen MR) is 72.1 cm³/mol. The largest absolute Gasteiger partial charge is 0.468 e. The average Bonchev–Trinajstić information content (AvgIpc) is 2.94. The van der Waals surface area contributed by atoms with Gasteiger partial charge in [0, 0.05) is 17.7 Å². The highest BCUT2D eigenvalue weighted by atomic mass is 35.5. The highest BCUT2D eigenvalue weighted by Crippen LogP contribution is 2.22. The van der Waals surface area contributed by atoms with Crippen LogP contribution in [0.5, 0.6) is 0 Å². The first-order valence-electron chi connectivity index (χ1n) is 5.25. The average molecular weight is 300 g/mol. The number of amides is 1. The molecule has 0 radical (unpaired) electrons. The topological polar surface area (TPSA) is 72.7 Å². The van der Waals surface area contributed by atoms with Crippen molar-refractivity contribution in [1.82, 2.24) is 14.7 Å². The molecule has 0 bridgehead atoms. The summed E-state index contributed by atoms with van der Waals surface area (Å²) in [5.74, 6) is -0.920. The number of carbonyl (C=O) groups is 2. The number of ether oxygens (including phenoxy) is 1. The highest BCUT2D eigenvalue weighted by Gasteiger charge is 2.09. The fourth-order valence-electron chi connectivity index (χ4n) is 1.37. The lowest BCUT2D eigenvalue weighted by atomic mass is 10.4. The number of fused-ring (bicyclic) bond motifs is 1. The zero-order valence-electron chi connectivity index (χ0n) is 9.92. The molecular formula is C11H10ClN3O3S. The van der Waals surface area contributed by atoms with Crippen LogP contribution in [0.25, 0.3) is 11.0 Å². The zero-order valence-corrected chi connectivity index (χ0v) is 11.5. The minimum Gasteiger partial charge on any atom is -0.468 e. The van der Waals surface area contributed by atoms with Crippen LogP contribution in [0.3, 0.4) is 0 Å². The van der Waals surface area contributed by atoms with Crippen molar-refractivity contribution in [3.63, 3.8) is 0 Å². The molecule has 0 fully saturated rings. The number of hydrogen-bond acceptors (Lipinski definition) is 5. The highest BCUT2D eigenvalue weighted by molar-refractivity contribution is 7.15. The van der Waals surface area contributed by atoms with Crippen LogP contribution in [0, 0.1) is 0 Å². The first-order chi connectivity index (χ1) is 9.11. The molecule has 0 atom stereocenters. The van der Waals surface area contributed by atoms with Gasteiger partial charge in [-0.15, -0.1) is 11.3 Å². The van der Waals surface area contributed by atoms with Crippen molar-refractivity contribution in [1.29, 1.82) is 0 Å². The Morgan fingerprint density at radius 2 is 2.42 bits per heavy atom. The number of aromatic nitrogens is 2. The number of hydrogen-bond donors (Lipinski definition) is 1. The fourth-order valence-corrected chi connectivity index (χ4v) is 2.38. The molecular weight excluding hydrogens is 290 g/mol. The fraction of sp³-hybridized carbons (Fsp3) is 0.182. The van der Waals surface area contributed by atoms with Gasteiger partial charge in [-0.1, -0.05) is 11.6 Å². The van der Waals surface area contributed by atoms with Crippen molar-refractivity contribution in [2.24, 2.45) is 0 Å². The molecule has 0 aromatic carbocycles. The third kappa shape index (κ3) is 3.12. The van der Waals surface area contributed by atoms with E-state index in [0.29, 0.717) is 10.8 Å². The van der Waals surface area contributed by atoms with Gasteiger partial charge in [-0.05, 0) is 6.08 Å². The van der Waals surface area contributed by atoms with Crippen LogP contribution in [0.2, 0.25) is 5.15 Å². The van der Waals surface area contributed by atoms with Gasteiger partial charge in [-0.2, -0.15) is 0 Å². The summed E-state index contributed by atoms with van der Waals surface area (Å²) < 4.78 is 6.18. The molecule has 1 amide bonds. The van der Waals surface area contributed by atoms with Crippen molar-refractivity contribution >= 4 is 45.9 Å². The van der Waals surface area contributed by atoms with E-state index in [2.05, 4.69) is 15.0 Å². The van der Waals surface area contributed by atoms with Crippen molar-refractivity contribution in [2.75, 3.05) is 13.7 Å². The van der Waals surface area contributed by atoms with Crippen molar-refractivity contribution in [3.8, 4) is 0 Å². The molecule has 8 heteroatoms. The molecule has 0 unspecified atom stereocenters. The van der Waals surface area contributed by atoms with E-state index < -0.39 is 11.9 Å². The maximum Gasteiger partial charge on any atom is 0.325 e. The quantitative estimate of drug-likeness (QED) is 0.683. The van der Waals surface area contributed by atoms with Crippen molar-refractivity contribution in [3.05, 3.63) is 28.5 Å². The number of esters is 1. The Bertz CT molecular complexity index is 647. The number of imidazole rings is 1. The second-order valence-corrected chi connectivity index (χ2v) is 4.70. The van der Waals surface area contributed by atoms with E-state index in [1.807, 2.05) is 11.6 Å². The molecule has 0 aliphatic heterocycles. The minimum atomic E-state index is -0.510. The van der Waals surface area contributed by atoms with E-state index in [-0.39, 0.29) is 6.54 Å². The minimum absolute atomic E-state index is 0.173. The van der Waals surface area contributed by atoms with Gasteiger partial charge in [0.05, 0.1) is 12.8 Å². The van der Waals surface area contributed by atoms with Crippen LogP contribution in [0.4, 0.5) is 0 Å². The molecule has 6 nitrogen and oxygen atoms in total. The van der Waals surface area contributed by atoms with E-state index in [9.17, 15) is 9.59 Å². The Morgan fingerprint density at radius 1 is 1.63 bits per heavy atom. The third-order valence-electron chi connectivity index (χ3n) is 2.28. The van der Waals surface area contributed by atoms with Crippen LogP contribution < -0.4 is 5.32 Å². The van der Waals surface area contributed by atoms with Crippen LogP contribution >= 0.6 is 22.9 Å². The van der Waals surface area contributed by atoms with Crippen LogP contribution in [-0.2, 0) is 14.3 Å². The summed E-state index contributed by atoms with van der Waals surface area (Å²) in [7, 11) is 1.25. The first-order valence-corrected chi connectivity index (χ1v) is 6.51. The molecule has 0 aliphatic rings. The number of rotatable bonds is 4. The van der Waals surface area contributed by atoms with Gasteiger partial charge < -0.3 is 10.1 Å². The lowest BCUT2D eigenvalue weighted by molar-refractivity contribution is -0.140. The Morgan fingerprint density at radius 3 is 3.16 bits per heavy atom. The Kier molecular flexibility index (Phi) is 4.18. The zero-order chi connectivity index (χ0) is 13.8. The predicted octanol–water partition coefficient (Wildman–Crippen LogP) is 1.35. The SMILES string of the molecule is COC(=O)CNC(=O)/C=C/c1c(Cl)nc2sccn12. The van der Waals surface area contributed by atoms with Crippen molar-refractivity contribution < 1.29 is 14.3 Å². The van der Waals surface area contributed by atoms with Gasteiger partial charge in [0.1, 0.15) is 6.54 Å². The summed E-state index contributed by atoms with van der Waals surface area (Å²) in [5, 5.41) is 4.58. The van der Waals surface area contributed by atoms with Gasteiger partial charge in [-0.25, -0.2) is 4.98 Å². The Balaban J connectivity index is 2.05. The van der Waals surface area contributed by atoms with Gasteiger partial charge in [0.15, 0.2) is 10.1 Å². The maximum absolute atomic E-state index is 11.5. The molecule has 0 saturated carbocycles. The number of methoxy groups -OCH3 is 1. The molecule has 19 heavy (non-hydrogen) atoms. The molecule has 2 aromatic heterocycles. The lowest BCUT2D eigenvalue weighted by Gasteiger charge is -1.99. The summed E-state index contributed by atoms with van der Waals surface area (Å²) in [6.07, 6.45) is 4.64. The second kappa shape index (κ2) is 5.85. The van der Waals surface area contributed by atoms with Gasteiger partial charge in [0.25, 0.3) is 0 Å². The van der Waals surface area contributed by atoms with E-state index in [1.54, 1.807) is 10.5 Å². The monoisotopic (exact) mass is 299 g/mol. The van der Waals surface area contributed by atoms with E-state index in [1.165, 1.54) is 24.5 Å². The normalized spacial score (nSPS) is 11.1. The molecule has 2 heterocycles. The molecule has 2 rings (SSSR count). The summed E-state index contributed by atoms with van der Waals surface area (Å²) in [6.45, 7) is -0.173. The number of thiazole rings is 1. The number of carbonyl (C=O) groups excluding carboxylic acids is 2. The molecule has 0 saturated heterocycles. The third-order valence-corrected chi connectivity index (χ3v) is 3.32. The Hall–Kier alpha value is -1.86. The smallest absolute Gasteiger partial charge is 0.325 e. The standard InChI is InChI=1S/C11H10ClN3O3S/c1-18-9(17)6-13-8(16)3-2-7-10(12)14-11-15(7)4-5-19-11/h2-5H,6H2,1H3,(H,13,16)/b3-2+. The van der Waals surface area contributed by atoms with Crippen LogP contribution in [0.15, 0.2) is 17.7 Å². The second-order valence-electron chi connectivity index (χ2n) is 3.47. The van der Waals surface area contributed by atoms with E-state index in [0.717, 1.165) is 4.96 Å². The van der Waals surface area contributed by atoms with E-state index in [4.69, 9.17) is 11.6 Å². The number of halogens is 1. The molecule has 0 aliphatic carbocycles. The molecule has 2 aromatic rings. The summed E-state index contributed by atoms with van der Waals surface area (Å²) in [6, 6.07) is 0. The summed E-state index contributed by atoms with van der Waals surface area (Å²) in [4.78, 5) is 27.2. The van der Waals surface area contributed by atoms with E-state index >= 15 is 0 Å². The van der Waals surface area contributed by atoms with Gasteiger partial charge in [-0.3, -0.25) is 14.0 Å². The summed E-state index contributed by atoms with van der Waals surface area (Å²) in [5.41, 5.74) is 0.617. The lowest BCUT2D eigenvalue weighted by Crippen LogP contribution is -2.28. The summed E-state index contributed by atoms with van der Waals surface area (Å²) >= 11 is 7.41. The molecule has 0 spiro atoms. The van der Waals surface area contributed by atoms with Crippen molar-refractivity contribution in [2.45, 2.75) is 0 Å². The molecule has 100 valence electrons. The van der Waals surface area contributed by atoms with Gasteiger partial charge in [0.2, 0.25) is 5.91 Å². The van der Waals surface area contributed by atoms with Crippen LogP contribution in [-0.4, -0.2) is 34.9 Å². The number of nitrogens with one attached hydrogen (secondary N) is 1.